The number of hydrogen-bond acceptors (Lipinski definition) is 7. The Hall–Kier alpha value is -2.32. The number of nitro benzene ring substituents is 1. The number of rotatable bonds is 5. The van der Waals surface area contributed by atoms with Crippen molar-refractivity contribution < 1.29 is 14.5 Å². The van der Waals surface area contributed by atoms with Gasteiger partial charge in [-0.1, -0.05) is 12.1 Å². The van der Waals surface area contributed by atoms with E-state index in [9.17, 15) is 14.9 Å². The van der Waals surface area contributed by atoms with Gasteiger partial charge in [0.2, 0.25) is 0 Å². The number of esters is 1. The molecule has 8 heteroatoms. The summed E-state index contributed by atoms with van der Waals surface area (Å²) in [4.78, 5) is 27.7. The van der Waals surface area contributed by atoms with Gasteiger partial charge in [-0.2, -0.15) is 0 Å². The summed E-state index contributed by atoms with van der Waals surface area (Å²) in [7, 11) is 0. The van der Waals surface area contributed by atoms with E-state index < -0.39 is 10.8 Å². The Labute approximate surface area is 149 Å². The fraction of sp³-hybridized carbons (Fsp3) is 0.412. The molecule has 1 saturated heterocycles. The maximum absolute atomic E-state index is 12.7. The van der Waals surface area contributed by atoms with Gasteiger partial charge in [0.05, 0.1) is 22.5 Å². The number of aromatic nitrogens is 1. The molecule has 25 heavy (non-hydrogen) atoms. The molecule has 2 heterocycles. The lowest BCUT2D eigenvalue weighted by Gasteiger charge is -2.36. The molecule has 0 radical (unpaired) electrons. The average Bonchev–Trinajstić information content (AvgIpc) is 3.16. The Bertz CT molecular complexity index is 750. The van der Waals surface area contributed by atoms with E-state index in [-0.39, 0.29) is 23.5 Å². The predicted octanol–water partition coefficient (Wildman–Crippen LogP) is 2.70. The molecule has 1 aliphatic heterocycles. The Morgan fingerprint density at radius 2 is 2.24 bits per heavy atom. The smallest absolute Gasteiger partial charge is 0.310 e. The summed E-state index contributed by atoms with van der Waals surface area (Å²) in [6.45, 7) is 3.27. The molecule has 1 aliphatic rings. The maximum atomic E-state index is 12.7. The second-order valence-electron chi connectivity index (χ2n) is 5.87. The molecular weight excluding hydrogens is 342 g/mol. The van der Waals surface area contributed by atoms with Gasteiger partial charge < -0.3 is 10.1 Å². The third-order valence-corrected chi connectivity index (χ3v) is 5.34. The van der Waals surface area contributed by atoms with E-state index in [2.05, 4.69) is 10.3 Å². The highest BCUT2D eigenvalue weighted by molar-refractivity contribution is 7.09. The van der Waals surface area contributed by atoms with Crippen LogP contribution in [0.4, 0.5) is 5.69 Å². The van der Waals surface area contributed by atoms with E-state index in [0.29, 0.717) is 19.7 Å². The molecular formula is C17H19N3O4S. The molecule has 2 aromatic rings. The molecule has 3 atom stereocenters. The number of ether oxygens (including phenoxy) is 1. The highest BCUT2D eigenvalue weighted by atomic mass is 32.1. The van der Waals surface area contributed by atoms with Gasteiger partial charge in [0.1, 0.15) is 0 Å². The van der Waals surface area contributed by atoms with Crippen molar-refractivity contribution in [1.82, 2.24) is 10.3 Å². The molecule has 1 N–H and O–H groups in total. The van der Waals surface area contributed by atoms with Gasteiger partial charge in [-0.25, -0.2) is 4.98 Å². The summed E-state index contributed by atoms with van der Waals surface area (Å²) in [5, 5.41) is 17.2. The van der Waals surface area contributed by atoms with Crippen molar-refractivity contribution in [1.29, 1.82) is 0 Å². The first-order valence-electron chi connectivity index (χ1n) is 8.13. The Morgan fingerprint density at radius 1 is 1.44 bits per heavy atom. The highest BCUT2D eigenvalue weighted by Gasteiger charge is 2.42. The van der Waals surface area contributed by atoms with Gasteiger partial charge >= 0.3 is 5.97 Å². The van der Waals surface area contributed by atoms with E-state index in [1.165, 1.54) is 17.4 Å². The maximum Gasteiger partial charge on any atom is 0.310 e. The lowest BCUT2D eigenvalue weighted by molar-refractivity contribution is -0.384. The van der Waals surface area contributed by atoms with Crippen LogP contribution in [0.5, 0.6) is 0 Å². The van der Waals surface area contributed by atoms with Gasteiger partial charge in [0.15, 0.2) is 0 Å². The third-order valence-electron chi connectivity index (χ3n) is 4.43. The van der Waals surface area contributed by atoms with E-state index in [4.69, 9.17) is 4.74 Å². The lowest BCUT2D eigenvalue weighted by atomic mass is 9.75. The van der Waals surface area contributed by atoms with Crippen molar-refractivity contribution in [2.45, 2.75) is 18.8 Å². The van der Waals surface area contributed by atoms with Gasteiger partial charge in [0, 0.05) is 48.6 Å². The fourth-order valence-electron chi connectivity index (χ4n) is 3.35. The largest absolute Gasteiger partial charge is 0.466 e. The number of carbonyl (C=O) groups is 1. The monoisotopic (exact) mass is 361 g/mol. The first-order chi connectivity index (χ1) is 12.1. The standard InChI is InChI=1S/C17H19N3O4S/c1-2-24-17(21)15-13(11-4-3-5-12(8-11)20(22)23)9-18-10-14(15)16-19-6-7-25-16/h3-8,13-15,18H,2,9-10H2,1H3. The molecule has 3 unspecified atom stereocenters. The molecule has 7 nitrogen and oxygen atoms in total. The van der Waals surface area contributed by atoms with E-state index in [0.717, 1.165) is 10.6 Å². The normalized spacial score (nSPS) is 23.2. The summed E-state index contributed by atoms with van der Waals surface area (Å²) in [5.74, 6) is -1.02. The third kappa shape index (κ3) is 3.69. The molecule has 0 aliphatic carbocycles. The van der Waals surface area contributed by atoms with Gasteiger partial charge in [-0.05, 0) is 12.5 Å². The predicted molar refractivity (Wildman–Crippen MR) is 93.7 cm³/mol. The zero-order chi connectivity index (χ0) is 17.8. The number of carbonyl (C=O) groups excluding carboxylic acids is 1. The summed E-state index contributed by atoms with van der Waals surface area (Å²) >= 11 is 1.51. The van der Waals surface area contributed by atoms with Gasteiger partial charge in [-0.15, -0.1) is 11.3 Å². The Morgan fingerprint density at radius 3 is 2.92 bits per heavy atom. The second-order valence-corrected chi connectivity index (χ2v) is 6.80. The zero-order valence-corrected chi connectivity index (χ0v) is 14.6. The number of benzene rings is 1. The Kier molecular flexibility index (Phi) is 5.40. The number of hydrogen-bond donors (Lipinski definition) is 1. The average molecular weight is 361 g/mol. The lowest BCUT2D eigenvalue weighted by Crippen LogP contribution is -2.45. The van der Waals surface area contributed by atoms with Crippen molar-refractivity contribution >= 4 is 23.0 Å². The number of non-ortho nitro benzene ring substituents is 1. The summed E-state index contributed by atoms with van der Waals surface area (Å²) in [6.07, 6.45) is 1.72. The quantitative estimate of drug-likeness (QED) is 0.500. The van der Waals surface area contributed by atoms with Crippen LogP contribution in [0.1, 0.15) is 29.3 Å². The molecule has 1 fully saturated rings. The minimum Gasteiger partial charge on any atom is -0.466 e. The fourth-order valence-corrected chi connectivity index (χ4v) is 4.14. The summed E-state index contributed by atoms with van der Waals surface area (Å²) in [6, 6.07) is 6.48. The van der Waals surface area contributed by atoms with Gasteiger partial charge in [-0.3, -0.25) is 14.9 Å². The van der Waals surface area contributed by atoms with E-state index >= 15 is 0 Å². The summed E-state index contributed by atoms with van der Waals surface area (Å²) < 4.78 is 5.32. The number of nitrogens with one attached hydrogen (secondary N) is 1. The van der Waals surface area contributed by atoms with E-state index in [1.54, 1.807) is 25.3 Å². The van der Waals surface area contributed by atoms with Crippen LogP contribution in [0.25, 0.3) is 0 Å². The highest BCUT2D eigenvalue weighted by Crippen LogP contribution is 2.40. The van der Waals surface area contributed by atoms with Crippen LogP contribution in [0.2, 0.25) is 0 Å². The first kappa shape index (κ1) is 17.5. The van der Waals surface area contributed by atoms with Crippen LogP contribution in [0.3, 0.4) is 0 Å². The first-order valence-corrected chi connectivity index (χ1v) is 9.01. The molecule has 0 amide bonds. The van der Waals surface area contributed by atoms with Crippen molar-refractivity contribution in [3.63, 3.8) is 0 Å². The second kappa shape index (κ2) is 7.71. The topological polar surface area (TPSA) is 94.4 Å². The number of nitrogens with zero attached hydrogens (tertiary/aromatic N) is 2. The molecule has 0 saturated carbocycles. The van der Waals surface area contributed by atoms with Crippen molar-refractivity contribution in [2.75, 3.05) is 19.7 Å². The minimum atomic E-state index is -0.422. The van der Waals surface area contributed by atoms with Crippen molar-refractivity contribution in [3.8, 4) is 0 Å². The van der Waals surface area contributed by atoms with Crippen molar-refractivity contribution in [3.05, 3.63) is 56.5 Å². The number of nitro groups is 1. The molecule has 1 aromatic carbocycles. The van der Waals surface area contributed by atoms with Crippen LogP contribution in [0, 0.1) is 16.0 Å². The molecule has 1 aromatic heterocycles. The zero-order valence-electron chi connectivity index (χ0n) is 13.8. The number of piperidine rings is 1. The number of thiazole rings is 1. The SMILES string of the molecule is CCOC(=O)C1C(c2cccc([N+](=O)[O-])c2)CNCC1c1nccs1. The van der Waals surface area contributed by atoms with Crippen molar-refractivity contribution in [2.24, 2.45) is 5.92 Å². The van der Waals surface area contributed by atoms with Gasteiger partial charge in [0.25, 0.3) is 5.69 Å². The van der Waals surface area contributed by atoms with E-state index in [1.807, 2.05) is 11.4 Å². The van der Waals surface area contributed by atoms with Crippen LogP contribution >= 0.6 is 11.3 Å². The van der Waals surface area contributed by atoms with Crippen LogP contribution in [-0.2, 0) is 9.53 Å². The Balaban J connectivity index is 1.99. The molecule has 132 valence electrons. The summed E-state index contributed by atoms with van der Waals surface area (Å²) in [5.41, 5.74) is 0.789. The molecule has 0 bridgehead atoms. The minimum absolute atomic E-state index is 0.0245. The molecule has 3 rings (SSSR count). The molecule has 0 spiro atoms. The van der Waals surface area contributed by atoms with Crippen LogP contribution < -0.4 is 5.32 Å². The van der Waals surface area contributed by atoms with Crippen LogP contribution in [0.15, 0.2) is 35.8 Å². The van der Waals surface area contributed by atoms with Crippen LogP contribution in [-0.4, -0.2) is 35.6 Å².